The van der Waals surface area contributed by atoms with Gasteiger partial charge in [-0.05, 0) is 43.2 Å². The Morgan fingerprint density at radius 3 is 2.64 bits per heavy atom. The van der Waals surface area contributed by atoms with Crippen molar-refractivity contribution in [1.82, 2.24) is 0 Å². The zero-order valence-electron chi connectivity index (χ0n) is 14.3. The van der Waals surface area contributed by atoms with Gasteiger partial charge in [0.15, 0.2) is 5.96 Å². The predicted octanol–water partition coefficient (Wildman–Crippen LogP) is 4.33. The maximum atomic E-state index is 6.08. The van der Waals surface area contributed by atoms with Gasteiger partial charge in [0.05, 0.1) is 18.7 Å². The first-order chi connectivity index (χ1) is 11.6. The molecule has 136 valence electrons. The summed E-state index contributed by atoms with van der Waals surface area (Å²) >= 11 is 6.08. The number of ether oxygens (including phenoxy) is 2. The Balaban J connectivity index is 0.00000312. The van der Waals surface area contributed by atoms with Gasteiger partial charge in [-0.25, -0.2) is 0 Å². The number of anilines is 1. The van der Waals surface area contributed by atoms with Crippen molar-refractivity contribution in [2.24, 2.45) is 10.7 Å². The summed E-state index contributed by atoms with van der Waals surface area (Å²) < 4.78 is 10.7. The van der Waals surface area contributed by atoms with Crippen molar-refractivity contribution >= 4 is 47.2 Å². The third-order valence-corrected chi connectivity index (χ3v) is 3.66. The lowest BCUT2D eigenvalue weighted by Crippen LogP contribution is -2.23. The minimum absolute atomic E-state index is 0. The third kappa shape index (κ3) is 6.62. The first kappa shape index (κ1) is 21.4. The molecule has 0 fully saturated rings. The molecule has 0 saturated carbocycles. The van der Waals surface area contributed by atoms with Gasteiger partial charge < -0.3 is 20.5 Å². The molecule has 0 amide bonds. The van der Waals surface area contributed by atoms with Crippen molar-refractivity contribution in [3.8, 4) is 11.5 Å². The van der Waals surface area contributed by atoms with Crippen molar-refractivity contribution < 1.29 is 9.47 Å². The number of aliphatic imine (C=N–C) groups is 1. The highest BCUT2D eigenvalue weighted by Crippen LogP contribution is 2.27. The standard InChI is InChI=1S/C18H22ClN3O2.HI/c1-3-24-16-7-5-4-6-13(16)10-11-21-18(20)22-14-8-9-17(23-2)15(19)12-14;/h4-9,12H,3,10-11H2,1-2H3,(H3,20,21,22);1H. The van der Waals surface area contributed by atoms with E-state index in [9.17, 15) is 0 Å². The van der Waals surface area contributed by atoms with Crippen LogP contribution in [-0.4, -0.2) is 26.2 Å². The van der Waals surface area contributed by atoms with Crippen LogP contribution >= 0.6 is 35.6 Å². The smallest absolute Gasteiger partial charge is 0.193 e. The Bertz CT molecular complexity index is 710. The number of halogens is 2. The van der Waals surface area contributed by atoms with Crippen molar-refractivity contribution in [1.29, 1.82) is 0 Å². The molecule has 0 radical (unpaired) electrons. The van der Waals surface area contributed by atoms with E-state index in [1.54, 1.807) is 19.2 Å². The van der Waals surface area contributed by atoms with Gasteiger partial charge in [0.25, 0.3) is 0 Å². The monoisotopic (exact) mass is 475 g/mol. The lowest BCUT2D eigenvalue weighted by molar-refractivity contribution is 0.336. The van der Waals surface area contributed by atoms with Gasteiger partial charge in [-0.1, -0.05) is 29.8 Å². The molecule has 0 aliphatic carbocycles. The first-order valence-electron chi connectivity index (χ1n) is 7.75. The van der Waals surface area contributed by atoms with Crippen LogP contribution in [0.3, 0.4) is 0 Å². The van der Waals surface area contributed by atoms with Crippen molar-refractivity contribution in [3.05, 3.63) is 53.1 Å². The van der Waals surface area contributed by atoms with Crippen LogP contribution in [0.25, 0.3) is 0 Å². The second-order valence-corrected chi connectivity index (χ2v) is 5.44. The number of nitrogens with one attached hydrogen (secondary N) is 1. The van der Waals surface area contributed by atoms with Crippen LogP contribution in [0.15, 0.2) is 47.5 Å². The zero-order valence-corrected chi connectivity index (χ0v) is 17.4. The van der Waals surface area contributed by atoms with Crippen LogP contribution in [0.5, 0.6) is 11.5 Å². The van der Waals surface area contributed by atoms with Crippen molar-refractivity contribution in [3.63, 3.8) is 0 Å². The molecule has 0 aliphatic rings. The van der Waals surface area contributed by atoms with E-state index in [0.29, 0.717) is 29.9 Å². The summed E-state index contributed by atoms with van der Waals surface area (Å²) in [6.07, 6.45) is 0.752. The molecule has 25 heavy (non-hydrogen) atoms. The quantitative estimate of drug-likeness (QED) is 0.355. The van der Waals surface area contributed by atoms with Gasteiger partial charge in [0, 0.05) is 12.2 Å². The highest BCUT2D eigenvalue weighted by atomic mass is 127. The Morgan fingerprint density at radius 1 is 1.20 bits per heavy atom. The molecule has 0 aromatic heterocycles. The predicted molar refractivity (Wildman–Crippen MR) is 115 cm³/mol. The molecule has 3 N–H and O–H groups in total. The second-order valence-electron chi connectivity index (χ2n) is 5.03. The van der Waals surface area contributed by atoms with Crippen molar-refractivity contribution in [2.45, 2.75) is 13.3 Å². The Morgan fingerprint density at radius 2 is 1.96 bits per heavy atom. The lowest BCUT2D eigenvalue weighted by atomic mass is 10.1. The van der Waals surface area contributed by atoms with Gasteiger partial charge in [-0.2, -0.15) is 0 Å². The number of rotatable bonds is 7. The second kappa shape index (κ2) is 11.0. The summed E-state index contributed by atoms with van der Waals surface area (Å²) in [7, 11) is 1.57. The molecule has 2 rings (SSSR count). The fraction of sp³-hybridized carbons (Fsp3) is 0.278. The normalized spacial score (nSPS) is 10.8. The zero-order chi connectivity index (χ0) is 17.4. The van der Waals surface area contributed by atoms with Crippen LogP contribution in [0.2, 0.25) is 5.02 Å². The summed E-state index contributed by atoms with van der Waals surface area (Å²) in [4.78, 5) is 4.34. The number of hydrogen-bond acceptors (Lipinski definition) is 3. The largest absolute Gasteiger partial charge is 0.495 e. The maximum absolute atomic E-state index is 6.08. The Hall–Kier alpha value is -1.67. The van der Waals surface area contributed by atoms with Crippen LogP contribution < -0.4 is 20.5 Å². The van der Waals surface area contributed by atoms with Gasteiger partial charge in [0.2, 0.25) is 0 Å². The highest BCUT2D eigenvalue weighted by molar-refractivity contribution is 14.0. The van der Waals surface area contributed by atoms with E-state index in [1.807, 2.05) is 37.3 Å². The summed E-state index contributed by atoms with van der Waals surface area (Å²) in [5, 5.41) is 3.53. The summed E-state index contributed by atoms with van der Waals surface area (Å²) in [6, 6.07) is 13.3. The number of para-hydroxylation sites is 1. The molecule has 2 aromatic carbocycles. The summed E-state index contributed by atoms with van der Waals surface area (Å²) in [5.41, 5.74) is 7.80. The number of nitrogens with two attached hydrogens (primary N) is 1. The van der Waals surface area contributed by atoms with E-state index in [0.717, 1.165) is 23.4 Å². The minimum atomic E-state index is 0. The lowest BCUT2D eigenvalue weighted by Gasteiger charge is -2.10. The Labute approximate surface area is 170 Å². The fourth-order valence-corrected chi connectivity index (χ4v) is 2.49. The molecule has 0 saturated heterocycles. The molecule has 0 bridgehead atoms. The maximum Gasteiger partial charge on any atom is 0.193 e. The van der Waals surface area contributed by atoms with Crippen LogP contribution in [0.4, 0.5) is 5.69 Å². The average molecular weight is 476 g/mol. The topological polar surface area (TPSA) is 68.9 Å². The Kier molecular flexibility index (Phi) is 9.44. The van der Waals surface area contributed by atoms with E-state index < -0.39 is 0 Å². The van der Waals surface area contributed by atoms with Crippen molar-refractivity contribution in [2.75, 3.05) is 25.6 Å². The number of guanidine groups is 1. The molecule has 0 unspecified atom stereocenters. The first-order valence-corrected chi connectivity index (χ1v) is 8.13. The molecule has 7 heteroatoms. The molecular weight excluding hydrogens is 453 g/mol. The van der Waals surface area contributed by atoms with E-state index in [4.69, 9.17) is 26.8 Å². The molecule has 5 nitrogen and oxygen atoms in total. The number of hydrogen-bond donors (Lipinski definition) is 2. The molecule has 0 aliphatic heterocycles. The SMILES string of the molecule is CCOc1ccccc1CCN=C(N)Nc1ccc(OC)c(Cl)c1.I. The highest BCUT2D eigenvalue weighted by Gasteiger charge is 2.04. The van der Waals surface area contributed by atoms with Crippen LogP contribution in [0.1, 0.15) is 12.5 Å². The average Bonchev–Trinajstić information content (AvgIpc) is 2.57. The minimum Gasteiger partial charge on any atom is -0.495 e. The molecule has 2 aromatic rings. The van der Waals surface area contributed by atoms with Gasteiger partial charge in [0.1, 0.15) is 11.5 Å². The fourth-order valence-electron chi connectivity index (χ4n) is 2.24. The number of nitrogens with zero attached hydrogens (tertiary/aromatic N) is 1. The van der Waals surface area contributed by atoms with E-state index in [2.05, 4.69) is 10.3 Å². The van der Waals surface area contributed by atoms with E-state index in [1.165, 1.54) is 0 Å². The van der Waals surface area contributed by atoms with Gasteiger partial charge in [-0.3, -0.25) is 4.99 Å². The van der Waals surface area contributed by atoms with Gasteiger partial charge >= 0.3 is 0 Å². The summed E-state index contributed by atoms with van der Waals surface area (Å²) in [5.74, 6) is 1.85. The third-order valence-electron chi connectivity index (χ3n) is 3.36. The molecular formula is C18H23ClIN3O2. The summed E-state index contributed by atoms with van der Waals surface area (Å²) in [6.45, 7) is 3.17. The van der Waals surface area contributed by atoms with E-state index >= 15 is 0 Å². The van der Waals surface area contributed by atoms with Gasteiger partial charge in [-0.15, -0.1) is 24.0 Å². The number of benzene rings is 2. The molecule has 0 spiro atoms. The number of methoxy groups -OCH3 is 1. The molecule has 0 atom stereocenters. The van der Waals surface area contributed by atoms with Crippen LogP contribution in [0, 0.1) is 0 Å². The van der Waals surface area contributed by atoms with E-state index in [-0.39, 0.29) is 24.0 Å². The molecule has 0 heterocycles. The van der Waals surface area contributed by atoms with Crippen LogP contribution in [-0.2, 0) is 6.42 Å².